The molecule has 1 fully saturated rings. The van der Waals surface area contributed by atoms with E-state index in [-0.39, 0.29) is 0 Å². The highest BCUT2D eigenvalue weighted by Gasteiger charge is 2.16. The van der Waals surface area contributed by atoms with Gasteiger partial charge in [-0.3, -0.25) is 4.90 Å². The first-order valence-corrected chi connectivity index (χ1v) is 4.61. The molecule has 0 radical (unpaired) electrons. The average molecular weight is 153 g/mol. The molecular formula is C10H19N. The summed E-state index contributed by atoms with van der Waals surface area (Å²) in [5.74, 6) is 0. The van der Waals surface area contributed by atoms with Crippen LogP contribution in [-0.4, -0.2) is 24.0 Å². The van der Waals surface area contributed by atoms with E-state index in [1.807, 2.05) is 0 Å². The van der Waals surface area contributed by atoms with Crippen molar-refractivity contribution in [2.24, 2.45) is 0 Å². The lowest BCUT2D eigenvalue weighted by Crippen LogP contribution is -2.37. The van der Waals surface area contributed by atoms with Crippen molar-refractivity contribution in [3.05, 3.63) is 12.2 Å². The van der Waals surface area contributed by atoms with Crippen LogP contribution < -0.4 is 0 Å². The Morgan fingerprint density at radius 3 is 2.27 bits per heavy atom. The topological polar surface area (TPSA) is 3.24 Å². The van der Waals surface area contributed by atoms with Gasteiger partial charge in [0.2, 0.25) is 0 Å². The van der Waals surface area contributed by atoms with Crippen molar-refractivity contribution in [3.63, 3.8) is 0 Å². The normalized spacial score (nSPS) is 23.1. The Kier molecular flexibility index (Phi) is 3.13. The van der Waals surface area contributed by atoms with Gasteiger partial charge in [0, 0.05) is 6.04 Å². The zero-order chi connectivity index (χ0) is 8.27. The Hall–Kier alpha value is -0.300. The second-order valence-electron chi connectivity index (χ2n) is 3.62. The maximum atomic E-state index is 3.99. The summed E-state index contributed by atoms with van der Waals surface area (Å²) in [5.41, 5.74) is 1.30. The molecule has 0 aromatic heterocycles. The van der Waals surface area contributed by atoms with Crippen LogP contribution in [0.25, 0.3) is 0 Å². The SMILES string of the molecule is C=C(C)[C@H](C)N1CCCCC1. The van der Waals surface area contributed by atoms with E-state index in [1.165, 1.54) is 37.9 Å². The third-order valence-electron chi connectivity index (χ3n) is 2.65. The molecule has 1 nitrogen and oxygen atoms in total. The molecule has 1 heteroatoms. The van der Waals surface area contributed by atoms with Crippen molar-refractivity contribution in [2.45, 2.75) is 39.2 Å². The van der Waals surface area contributed by atoms with Crippen molar-refractivity contribution in [1.82, 2.24) is 4.90 Å². The van der Waals surface area contributed by atoms with E-state index in [2.05, 4.69) is 25.3 Å². The van der Waals surface area contributed by atoms with Crippen LogP contribution in [-0.2, 0) is 0 Å². The molecule has 0 saturated carbocycles. The van der Waals surface area contributed by atoms with Crippen LogP contribution in [0.5, 0.6) is 0 Å². The summed E-state index contributed by atoms with van der Waals surface area (Å²) in [5, 5.41) is 0. The number of hydrogen-bond acceptors (Lipinski definition) is 1. The number of nitrogens with zero attached hydrogens (tertiary/aromatic N) is 1. The maximum absolute atomic E-state index is 3.99. The molecule has 0 unspecified atom stereocenters. The van der Waals surface area contributed by atoms with Gasteiger partial charge in [0.1, 0.15) is 0 Å². The summed E-state index contributed by atoms with van der Waals surface area (Å²) in [6.45, 7) is 10.9. The molecule has 0 aromatic carbocycles. The van der Waals surface area contributed by atoms with Crippen molar-refractivity contribution in [1.29, 1.82) is 0 Å². The Labute approximate surface area is 70.1 Å². The minimum Gasteiger partial charge on any atom is -0.297 e. The van der Waals surface area contributed by atoms with E-state index < -0.39 is 0 Å². The van der Waals surface area contributed by atoms with Gasteiger partial charge in [-0.05, 0) is 39.8 Å². The summed E-state index contributed by atoms with van der Waals surface area (Å²) in [4.78, 5) is 2.53. The Morgan fingerprint density at radius 1 is 1.27 bits per heavy atom. The smallest absolute Gasteiger partial charge is 0.0273 e. The molecule has 0 N–H and O–H groups in total. The third kappa shape index (κ3) is 2.33. The van der Waals surface area contributed by atoms with Crippen molar-refractivity contribution >= 4 is 0 Å². The van der Waals surface area contributed by atoms with Gasteiger partial charge in [-0.2, -0.15) is 0 Å². The van der Waals surface area contributed by atoms with Crippen LogP contribution in [0.3, 0.4) is 0 Å². The zero-order valence-corrected chi connectivity index (χ0v) is 7.77. The average Bonchev–Trinajstić information content (AvgIpc) is 2.05. The lowest BCUT2D eigenvalue weighted by molar-refractivity contribution is 0.194. The Morgan fingerprint density at radius 2 is 1.82 bits per heavy atom. The van der Waals surface area contributed by atoms with Crippen LogP contribution in [0.4, 0.5) is 0 Å². The van der Waals surface area contributed by atoms with Crippen LogP contribution in [0.15, 0.2) is 12.2 Å². The molecule has 0 amide bonds. The van der Waals surface area contributed by atoms with E-state index in [0.717, 1.165) is 0 Å². The minimum absolute atomic E-state index is 0.593. The van der Waals surface area contributed by atoms with E-state index in [1.54, 1.807) is 0 Å². The molecular weight excluding hydrogens is 134 g/mol. The maximum Gasteiger partial charge on any atom is 0.0273 e. The monoisotopic (exact) mass is 153 g/mol. The van der Waals surface area contributed by atoms with Gasteiger partial charge >= 0.3 is 0 Å². The summed E-state index contributed by atoms with van der Waals surface area (Å²) in [7, 11) is 0. The van der Waals surface area contributed by atoms with E-state index in [4.69, 9.17) is 0 Å². The van der Waals surface area contributed by atoms with E-state index >= 15 is 0 Å². The van der Waals surface area contributed by atoms with Gasteiger partial charge in [-0.15, -0.1) is 0 Å². The van der Waals surface area contributed by atoms with Gasteiger partial charge in [-0.25, -0.2) is 0 Å². The second-order valence-corrected chi connectivity index (χ2v) is 3.62. The van der Waals surface area contributed by atoms with Crippen LogP contribution in [0, 0.1) is 0 Å². The molecule has 0 aliphatic carbocycles. The molecule has 0 bridgehead atoms. The highest BCUT2D eigenvalue weighted by atomic mass is 15.2. The van der Waals surface area contributed by atoms with Gasteiger partial charge in [-0.1, -0.05) is 18.6 Å². The molecule has 1 rings (SSSR count). The van der Waals surface area contributed by atoms with E-state index in [9.17, 15) is 0 Å². The summed E-state index contributed by atoms with van der Waals surface area (Å²) < 4.78 is 0. The zero-order valence-electron chi connectivity index (χ0n) is 7.77. The van der Waals surface area contributed by atoms with Crippen molar-refractivity contribution < 1.29 is 0 Å². The van der Waals surface area contributed by atoms with E-state index in [0.29, 0.717) is 6.04 Å². The number of piperidine rings is 1. The first kappa shape index (κ1) is 8.79. The predicted octanol–water partition coefficient (Wildman–Crippen LogP) is 2.44. The first-order chi connectivity index (χ1) is 5.22. The molecule has 0 aromatic rings. The fraction of sp³-hybridized carbons (Fsp3) is 0.800. The van der Waals surface area contributed by atoms with Gasteiger partial charge in [0.15, 0.2) is 0 Å². The Balaban J connectivity index is 2.38. The predicted molar refractivity (Wildman–Crippen MR) is 49.7 cm³/mol. The quantitative estimate of drug-likeness (QED) is 0.551. The summed E-state index contributed by atoms with van der Waals surface area (Å²) in [6.07, 6.45) is 4.16. The molecule has 11 heavy (non-hydrogen) atoms. The highest BCUT2D eigenvalue weighted by molar-refractivity contribution is 5.00. The molecule has 64 valence electrons. The standard InChI is InChI=1S/C10H19N/c1-9(2)10(3)11-7-5-4-6-8-11/h10H,1,4-8H2,2-3H3/t10-/m0/s1. The van der Waals surface area contributed by atoms with Crippen LogP contribution in [0.1, 0.15) is 33.1 Å². The summed E-state index contributed by atoms with van der Waals surface area (Å²) >= 11 is 0. The molecule has 1 heterocycles. The van der Waals surface area contributed by atoms with Crippen LogP contribution >= 0.6 is 0 Å². The first-order valence-electron chi connectivity index (χ1n) is 4.61. The fourth-order valence-corrected chi connectivity index (χ4v) is 1.62. The summed E-state index contributed by atoms with van der Waals surface area (Å²) in [6, 6.07) is 0.593. The molecule has 1 atom stereocenters. The number of rotatable bonds is 2. The lowest BCUT2D eigenvalue weighted by Gasteiger charge is -2.32. The molecule has 0 spiro atoms. The largest absolute Gasteiger partial charge is 0.297 e. The minimum atomic E-state index is 0.593. The highest BCUT2D eigenvalue weighted by Crippen LogP contribution is 2.15. The molecule has 1 saturated heterocycles. The lowest BCUT2D eigenvalue weighted by atomic mass is 10.1. The molecule has 1 aliphatic rings. The van der Waals surface area contributed by atoms with Crippen LogP contribution in [0.2, 0.25) is 0 Å². The Bertz CT molecular complexity index is 134. The van der Waals surface area contributed by atoms with Crippen molar-refractivity contribution in [3.8, 4) is 0 Å². The fourth-order valence-electron chi connectivity index (χ4n) is 1.62. The molecule has 1 aliphatic heterocycles. The van der Waals surface area contributed by atoms with Gasteiger partial charge in [0.05, 0.1) is 0 Å². The number of likely N-dealkylation sites (tertiary alicyclic amines) is 1. The van der Waals surface area contributed by atoms with Gasteiger partial charge in [0.25, 0.3) is 0 Å². The van der Waals surface area contributed by atoms with Gasteiger partial charge < -0.3 is 0 Å². The van der Waals surface area contributed by atoms with Crippen molar-refractivity contribution in [2.75, 3.05) is 13.1 Å². The number of hydrogen-bond donors (Lipinski definition) is 0. The third-order valence-corrected chi connectivity index (χ3v) is 2.65. The second kappa shape index (κ2) is 3.91.